The van der Waals surface area contributed by atoms with E-state index in [-0.39, 0.29) is 18.0 Å². The molecule has 1 N–H and O–H groups in total. The minimum Gasteiger partial charge on any atom is -0.447 e. The van der Waals surface area contributed by atoms with Gasteiger partial charge in [-0.2, -0.15) is 0 Å². The van der Waals surface area contributed by atoms with Crippen LogP contribution in [0, 0.1) is 0 Å². The summed E-state index contributed by atoms with van der Waals surface area (Å²) in [6.07, 6.45) is -0.421. The Kier molecular flexibility index (Phi) is 5.53. The van der Waals surface area contributed by atoms with Crippen molar-refractivity contribution in [3.8, 4) is 0 Å². The number of hydrogen-bond donors (Lipinski definition) is 1. The highest BCUT2D eigenvalue weighted by Gasteiger charge is 2.35. The summed E-state index contributed by atoms with van der Waals surface area (Å²) in [5.41, 5.74) is 2.40. The Morgan fingerprint density at radius 3 is 2.65 bits per heavy atom. The Morgan fingerprint density at radius 2 is 2.00 bits per heavy atom. The normalized spacial score (nSPS) is 18.1. The molecule has 0 radical (unpaired) electrons. The van der Waals surface area contributed by atoms with Gasteiger partial charge < -0.3 is 15.0 Å². The number of aromatic nitrogens is 2. The van der Waals surface area contributed by atoms with Crippen molar-refractivity contribution in [2.24, 2.45) is 0 Å². The van der Waals surface area contributed by atoms with Gasteiger partial charge in [0.05, 0.1) is 23.8 Å². The first-order valence-electron chi connectivity index (χ1n) is 10.5. The van der Waals surface area contributed by atoms with Gasteiger partial charge in [0.2, 0.25) is 0 Å². The number of hydrogen-bond acceptors (Lipinski definition) is 7. The molecule has 4 heterocycles. The average Bonchev–Trinajstić information content (AvgIpc) is 3.26. The standard InChI is InChI=1S/C22H28N6O3/c1-13(2)26(5)20-9-15-16(17(24-20)10-23-4)11-27(21(15)29)18-7-6-8-19(25-18)28-14(3)12-31-22(28)30/h6-9,13-14,23H,10-12H2,1-5H3/t14-/m0/s1. The maximum Gasteiger partial charge on any atom is 0.415 e. The van der Waals surface area contributed by atoms with E-state index in [1.807, 2.05) is 27.1 Å². The van der Waals surface area contributed by atoms with Crippen molar-refractivity contribution >= 4 is 29.5 Å². The summed E-state index contributed by atoms with van der Waals surface area (Å²) >= 11 is 0. The van der Waals surface area contributed by atoms with Crippen molar-refractivity contribution in [1.29, 1.82) is 0 Å². The molecule has 0 saturated carbocycles. The highest BCUT2D eigenvalue weighted by Crippen LogP contribution is 2.33. The smallest absolute Gasteiger partial charge is 0.415 e. The summed E-state index contributed by atoms with van der Waals surface area (Å²) in [4.78, 5) is 40.1. The zero-order chi connectivity index (χ0) is 22.3. The van der Waals surface area contributed by atoms with Crippen LogP contribution in [0.1, 0.15) is 42.4 Å². The van der Waals surface area contributed by atoms with Crippen LogP contribution in [0.25, 0.3) is 0 Å². The van der Waals surface area contributed by atoms with E-state index >= 15 is 0 Å². The molecule has 0 unspecified atom stereocenters. The van der Waals surface area contributed by atoms with Gasteiger partial charge in [-0.15, -0.1) is 0 Å². The lowest BCUT2D eigenvalue weighted by Crippen LogP contribution is -2.32. The van der Waals surface area contributed by atoms with Gasteiger partial charge in [-0.3, -0.25) is 14.6 Å². The van der Waals surface area contributed by atoms with E-state index in [9.17, 15) is 9.59 Å². The van der Waals surface area contributed by atoms with Crippen molar-refractivity contribution in [3.63, 3.8) is 0 Å². The maximum atomic E-state index is 13.4. The number of carbonyl (C=O) groups is 2. The van der Waals surface area contributed by atoms with Crippen molar-refractivity contribution in [1.82, 2.24) is 15.3 Å². The molecule has 2 aliphatic rings. The molecular weight excluding hydrogens is 396 g/mol. The number of nitrogens with zero attached hydrogens (tertiary/aromatic N) is 5. The molecular formula is C22H28N6O3. The van der Waals surface area contributed by atoms with Crippen molar-refractivity contribution in [2.75, 3.05) is 35.4 Å². The topological polar surface area (TPSA) is 90.9 Å². The van der Waals surface area contributed by atoms with Gasteiger partial charge in [0.15, 0.2) is 0 Å². The summed E-state index contributed by atoms with van der Waals surface area (Å²) in [6, 6.07) is 7.34. The van der Waals surface area contributed by atoms with E-state index in [4.69, 9.17) is 9.72 Å². The minimum absolute atomic E-state index is 0.109. The van der Waals surface area contributed by atoms with Crippen LogP contribution in [-0.4, -0.2) is 54.8 Å². The van der Waals surface area contributed by atoms with E-state index in [0.29, 0.717) is 36.9 Å². The van der Waals surface area contributed by atoms with Crippen molar-refractivity contribution in [3.05, 3.63) is 41.1 Å². The minimum atomic E-state index is -0.421. The van der Waals surface area contributed by atoms with Gasteiger partial charge in [-0.25, -0.2) is 14.8 Å². The van der Waals surface area contributed by atoms with Crippen molar-refractivity contribution < 1.29 is 14.3 Å². The first-order valence-corrected chi connectivity index (χ1v) is 10.5. The molecule has 2 aliphatic heterocycles. The number of fused-ring (bicyclic) bond motifs is 1. The molecule has 2 amide bonds. The van der Waals surface area contributed by atoms with Crippen LogP contribution in [-0.2, 0) is 17.8 Å². The zero-order valence-electron chi connectivity index (χ0n) is 18.5. The fraction of sp³-hybridized carbons (Fsp3) is 0.455. The molecule has 164 valence electrons. The predicted octanol–water partition coefficient (Wildman–Crippen LogP) is 2.55. The second-order valence-corrected chi connectivity index (χ2v) is 8.23. The van der Waals surface area contributed by atoms with E-state index in [0.717, 1.165) is 17.1 Å². The van der Waals surface area contributed by atoms with E-state index in [1.165, 1.54) is 4.90 Å². The number of nitrogens with one attached hydrogen (secondary N) is 1. The SMILES string of the molecule is CNCc1nc(N(C)C(C)C)cc2c1CN(c1cccc(N3C(=O)OC[C@@H]3C)n1)C2=O. The molecule has 1 fully saturated rings. The number of carbonyl (C=O) groups excluding carboxylic acids is 2. The Labute approximate surface area is 182 Å². The highest BCUT2D eigenvalue weighted by atomic mass is 16.6. The lowest BCUT2D eigenvalue weighted by atomic mass is 10.1. The second-order valence-electron chi connectivity index (χ2n) is 8.23. The molecule has 9 nitrogen and oxygen atoms in total. The second kappa shape index (κ2) is 8.14. The van der Waals surface area contributed by atoms with Gasteiger partial charge in [0, 0.05) is 25.2 Å². The van der Waals surface area contributed by atoms with Crippen LogP contribution < -0.4 is 20.0 Å². The lowest BCUT2D eigenvalue weighted by molar-refractivity contribution is 0.0996. The summed E-state index contributed by atoms with van der Waals surface area (Å²) < 4.78 is 5.11. The van der Waals surface area contributed by atoms with Gasteiger partial charge in [-0.05, 0) is 46.0 Å². The maximum absolute atomic E-state index is 13.4. The van der Waals surface area contributed by atoms with Gasteiger partial charge in [0.1, 0.15) is 24.1 Å². The number of pyridine rings is 2. The quantitative estimate of drug-likeness (QED) is 0.762. The van der Waals surface area contributed by atoms with Crippen LogP contribution in [0.3, 0.4) is 0 Å². The predicted molar refractivity (Wildman–Crippen MR) is 119 cm³/mol. The summed E-state index contributed by atoms with van der Waals surface area (Å²) in [5, 5.41) is 3.15. The van der Waals surface area contributed by atoms with Crippen LogP contribution in [0.15, 0.2) is 24.3 Å². The number of ether oxygens (including phenoxy) is 1. The molecule has 2 aromatic heterocycles. The third-order valence-corrected chi connectivity index (χ3v) is 5.80. The summed E-state index contributed by atoms with van der Waals surface area (Å²) in [6.45, 7) is 7.35. The van der Waals surface area contributed by atoms with Crippen molar-refractivity contribution in [2.45, 2.75) is 45.9 Å². The Balaban J connectivity index is 1.70. The number of cyclic esters (lactones) is 1. The van der Waals surface area contributed by atoms with Crippen LogP contribution in [0.2, 0.25) is 0 Å². The molecule has 4 rings (SSSR count). The largest absolute Gasteiger partial charge is 0.447 e. The van der Waals surface area contributed by atoms with E-state index in [1.54, 1.807) is 23.1 Å². The Bertz CT molecular complexity index is 1020. The third-order valence-electron chi connectivity index (χ3n) is 5.80. The van der Waals surface area contributed by atoms with E-state index < -0.39 is 6.09 Å². The van der Waals surface area contributed by atoms with Crippen LogP contribution >= 0.6 is 0 Å². The Morgan fingerprint density at radius 1 is 1.26 bits per heavy atom. The molecule has 0 bridgehead atoms. The number of anilines is 3. The van der Waals surface area contributed by atoms with E-state index in [2.05, 4.69) is 29.0 Å². The Hall–Kier alpha value is -3.20. The molecule has 0 aliphatic carbocycles. The monoisotopic (exact) mass is 424 g/mol. The third kappa shape index (κ3) is 3.69. The lowest BCUT2D eigenvalue weighted by Gasteiger charge is -2.24. The van der Waals surface area contributed by atoms with Crippen LogP contribution in [0.5, 0.6) is 0 Å². The molecule has 1 saturated heterocycles. The fourth-order valence-electron chi connectivity index (χ4n) is 3.83. The molecule has 31 heavy (non-hydrogen) atoms. The molecule has 0 aromatic carbocycles. The van der Waals surface area contributed by atoms with Gasteiger partial charge in [-0.1, -0.05) is 6.07 Å². The molecule has 0 spiro atoms. The number of rotatable bonds is 6. The average molecular weight is 425 g/mol. The molecule has 2 aromatic rings. The zero-order valence-corrected chi connectivity index (χ0v) is 18.5. The summed E-state index contributed by atoms with van der Waals surface area (Å²) in [7, 11) is 3.84. The summed E-state index contributed by atoms with van der Waals surface area (Å²) in [5.74, 6) is 1.63. The molecule has 9 heteroatoms. The van der Waals surface area contributed by atoms with Gasteiger partial charge in [0.25, 0.3) is 5.91 Å². The van der Waals surface area contributed by atoms with Gasteiger partial charge >= 0.3 is 6.09 Å². The number of amides is 2. The first kappa shape index (κ1) is 21.0. The van der Waals surface area contributed by atoms with Crippen LogP contribution in [0.4, 0.5) is 22.2 Å². The fourth-order valence-corrected chi connectivity index (χ4v) is 3.83. The first-order chi connectivity index (χ1) is 14.8. The molecule has 1 atom stereocenters. The highest BCUT2D eigenvalue weighted by molar-refractivity contribution is 6.10.